The molecule has 27 heavy (non-hydrogen) atoms. The summed E-state index contributed by atoms with van der Waals surface area (Å²) in [7, 11) is 0. The van der Waals surface area contributed by atoms with Crippen molar-refractivity contribution < 1.29 is 19.1 Å². The maximum Gasteiger partial charge on any atom is 0.358 e. The van der Waals surface area contributed by atoms with E-state index in [1.807, 2.05) is 25.1 Å². The largest absolute Gasteiger partial charge is 0.476 e. The van der Waals surface area contributed by atoms with Gasteiger partial charge in [-0.15, -0.1) is 0 Å². The van der Waals surface area contributed by atoms with Crippen LogP contribution in [0.4, 0.5) is 5.69 Å². The van der Waals surface area contributed by atoms with Gasteiger partial charge in [-0.1, -0.05) is 31.5 Å². The van der Waals surface area contributed by atoms with Gasteiger partial charge < -0.3 is 14.8 Å². The Morgan fingerprint density at radius 3 is 2.37 bits per heavy atom. The number of anilines is 1. The number of amides is 1. The molecule has 6 nitrogen and oxygen atoms in total. The van der Waals surface area contributed by atoms with Crippen molar-refractivity contribution in [2.75, 3.05) is 5.32 Å². The maximum absolute atomic E-state index is 11.8. The van der Waals surface area contributed by atoms with Gasteiger partial charge in [-0.3, -0.25) is 4.79 Å². The lowest BCUT2D eigenvalue weighted by Crippen LogP contribution is -2.10. The first-order valence-electron chi connectivity index (χ1n) is 8.78. The van der Waals surface area contributed by atoms with E-state index in [0.29, 0.717) is 23.2 Å². The average molecular weight is 364 g/mol. The van der Waals surface area contributed by atoms with Gasteiger partial charge in [0.05, 0.1) is 0 Å². The van der Waals surface area contributed by atoms with Crippen molar-refractivity contribution in [3.8, 4) is 22.8 Å². The second-order valence-corrected chi connectivity index (χ2v) is 6.10. The zero-order valence-electron chi connectivity index (χ0n) is 14.9. The van der Waals surface area contributed by atoms with Crippen LogP contribution >= 0.6 is 0 Å². The fourth-order valence-corrected chi connectivity index (χ4v) is 2.63. The van der Waals surface area contributed by atoms with Crippen molar-refractivity contribution in [3.63, 3.8) is 0 Å². The molecule has 0 aliphatic rings. The fraction of sp³-hybridized carbons (Fsp3) is 0.190. The molecule has 1 amide bonds. The average Bonchev–Trinajstić information content (AvgIpc) is 3.13. The first-order chi connectivity index (χ1) is 13.1. The van der Waals surface area contributed by atoms with Gasteiger partial charge in [0.1, 0.15) is 0 Å². The van der Waals surface area contributed by atoms with Crippen LogP contribution in [0, 0.1) is 0 Å². The Balaban J connectivity index is 1.86. The number of aromatic nitrogens is 1. The molecule has 1 aromatic heterocycles. The lowest BCUT2D eigenvalue weighted by atomic mass is 10.1. The van der Waals surface area contributed by atoms with Crippen molar-refractivity contribution in [3.05, 3.63) is 60.3 Å². The molecule has 1 heterocycles. The molecule has 2 aromatic carbocycles. The Kier molecular flexibility index (Phi) is 5.66. The zero-order chi connectivity index (χ0) is 19.2. The number of rotatable bonds is 7. The molecule has 138 valence electrons. The highest BCUT2D eigenvalue weighted by molar-refractivity contribution is 5.94. The van der Waals surface area contributed by atoms with Crippen molar-refractivity contribution in [2.24, 2.45) is 0 Å². The third kappa shape index (κ3) is 4.41. The Labute approximate surface area is 156 Å². The van der Waals surface area contributed by atoms with Crippen LogP contribution in [0.25, 0.3) is 22.8 Å². The third-order valence-corrected chi connectivity index (χ3v) is 4.04. The van der Waals surface area contributed by atoms with Crippen molar-refractivity contribution >= 4 is 17.6 Å². The number of hydrogen-bond donors (Lipinski definition) is 2. The number of nitrogens with one attached hydrogen (secondary N) is 1. The molecule has 0 saturated heterocycles. The van der Waals surface area contributed by atoms with Gasteiger partial charge >= 0.3 is 5.97 Å². The van der Waals surface area contributed by atoms with Gasteiger partial charge in [0, 0.05) is 23.2 Å². The Hall–Kier alpha value is -3.41. The summed E-state index contributed by atoms with van der Waals surface area (Å²) in [6, 6.07) is 16.0. The molecule has 0 aliphatic carbocycles. The van der Waals surface area contributed by atoms with E-state index in [1.165, 1.54) is 0 Å². The summed E-state index contributed by atoms with van der Waals surface area (Å²) in [4.78, 5) is 27.5. The highest BCUT2D eigenvalue weighted by atomic mass is 16.4. The SMILES string of the molecule is CCCCC(=O)Nc1ccc(-c2oc(-c3ccccc3)nc2C(=O)O)cc1. The molecule has 0 spiro atoms. The monoisotopic (exact) mass is 364 g/mol. The van der Waals surface area contributed by atoms with Gasteiger partial charge in [0.25, 0.3) is 0 Å². The number of aromatic carboxylic acids is 1. The highest BCUT2D eigenvalue weighted by Gasteiger charge is 2.21. The van der Waals surface area contributed by atoms with Gasteiger partial charge in [-0.2, -0.15) is 0 Å². The molecule has 3 rings (SSSR count). The number of unbranched alkanes of at least 4 members (excludes halogenated alkanes) is 1. The molecule has 6 heteroatoms. The standard InChI is InChI=1S/C21H20N2O4/c1-2-3-9-17(24)22-16-12-10-14(11-13-16)19-18(21(25)26)23-20(27-19)15-7-5-4-6-8-15/h4-8,10-13H,2-3,9H2,1H3,(H,22,24)(H,25,26). The lowest BCUT2D eigenvalue weighted by molar-refractivity contribution is -0.116. The second-order valence-electron chi connectivity index (χ2n) is 6.10. The van der Waals surface area contributed by atoms with Crippen molar-refractivity contribution in [2.45, 2.75) is 26.2 Å². The highest BCUT2D eigenvalue weighted by Crippen LogP contribution is 2.30. The summed E-state index contributed by atoms with van der Waals surface area (Å²) in [5.74, 6) is -0.764. The van der Waals surface area contributed by atoms with Gasteiger partial charge in [-0.05, 0) is 42.8 Å². The minimum absolute atomic E-state index is 0.0399. The predicted molar refractivity (Wildman–Crippen MR) is 102 cm³/mol. The summed E-state index contributed by atoms with van der Waals surface area (Å²) in [6.45, 7) is 2.03. The number of hydrogen-bond acceptors (Lipinski definition) is 4. The first-order valence-corrected chi connectivity index (χ1v) is 8.78. The molecule has 0 fully saturated rings. The van der Waals surface area contributed by atoms with E-state index < -0.39 is 5.97 Å². The predicted octanol–water partition coefficient (Wildman–Crippen LogP) is 4.84. The third-order valence-electron chi connectivity index (χ3n) is 4.04. The molecule has 0 atom stereocenters. The second kappa shape index (κ2) is 8.31. The molecule has 3 aromatic rings. The first kappa shape index (κ1) is 18.4. The molecule has 0 unspecified atom stereocenters. The minimum Gasteiger partial charge on any atom is -0.476 e. The molecule has 0 aliphatic heterocycles. The summed E-state index contributed by atoms with van der Waals surface area (Å²) >= 11 is 0. The van der Waals surface area contributed by atoms with E-state index >= 15 is 0 Å². The van der Waals surface area contributed by atoms with Gasteiger partial charge in [0.15, 0.2) is 11.5 Å². The summed E-state index contributed by atoms with van der Waals surface area (Å²) < 4.78 is 5.74. The van der Waals surface area contributed by atoms with Gasteiger partial charge in [0.2, 0.25) is 11.8 Å². The molecule has 0 radical (unpaired) electrons. The van der Waals surface area contributed by atoms with E-state index in [2.05, 4.69) is 10.3 Å². The van der Waals surface area contributed by atoms with Crippen LogP contribution < -0.4 is 5.32 Å². The number of benzene rings is 2. The van der Waals surface area contributed by atoms with Crippen LogP contribution in [0.3, 0.4) is 0 Å². The van der Waals surface area contributed by atoms with Crippen LogP contribution in [-0.2, 0) is 4.79 Å². The van der Waals surface area contributed by atoms with Crippen LogP contribution in [0.1, 0.15) is 36.7 Å². The number of oxazole rings is 1. The number of nitrogens with zero attached hydrogens (tertiary/aromatic N) is 1. The Morgan fingerprint density at radius 1 is 1.04 bits per heavy atom. The zero-order valence-corrected chi connectivity index (χ0v) is 14.9. The molecule has 0 saturated carbocycles. The van der Waals surface area contributed by atoms with Crippen LogP contribution in [-0.4, -0.2) is 22.0 Å². The normalized spacial score (nSPS) is 10.6. The van der Waals surface area contributed by atoms with Crippen LogP contribution in [0.2, 0.25) is 0 Å². The number of carbonyl (C=O) groups is 2. The van der Waals surface area contributed by atoms with E-state index in [0.717, 1.165) is 12.8 Å². The summed E-state index contributed by atoms with van der Waals surface area (Å²) in [6.07, 6.45) is 2.27. The maximum atomic E-state index is 11.8. The van der Waals surface area contributed by atoms with E-state index in [9.17, 15) is 14.7 Å². The van der Waals surface area contributed by atoms with E-state index in [1.54, 1.807) is 36.4 Å². The van der Waals surface area contributed by atoms with E-state index in [4.69, 9.17) is 4.42 Å². The Bertz CT molecular complexity index is 931. The van der Waals surface area contributed by atoms with E-state index in [-0.39, 0.29) is 23.3 Å². The number of carbonyl (C=O) groups excluding carboxylic acids is 1. The fourth-order valence-electron chi connectivity index (χ4n) is 2.63. The smallest absolute Gasteiger partial charge is 0.358 e. The number of carboxylic acids is 1. The quantitative estimate of drug-likeness (QED) is 0.626. The van der Waals surface area contributed by atoms with Crippen LogP contribution in [0.5, 0.6) is 0 Å². The Morgan fingerprint density at radius 2 is 1.74 bits per heavy atom. The number of carboxylic acid groups (broad SMARTS) is 1. The van der Waals surface area contributed by atoms with Crippen molar-refractivity contribution in [1.82, 2.24) is 4.98 Å². The summed E-state index contributed by atoms with van der Waals surface area (Å²) in [5, 5.41) is 12.3. The molecular weight excluding hydrogens is 344 g/mol. The molecule has 2 N–H and O–H groups in total. The van der Waals surface area contributed by atoms with Crippen molar-refractivity contribution in [1.29, 1.82) is 0 Å². The molecular formula is C21H20N2O4. The van der Waals surface area contributed by atoms with Gasteiger partial charge in [-0.25, -0.2) is 9.78 Å². The summed E-state index contributed by atoms with van der Waals surface area (Å²) in [5.41, 5.74) is 1.79. The lowest BCUT2D eigenvalue weighted by Gasteiger charge is -2.05. The van der Waals surface area contributed by atoms with Crippen LogP contribution in [0.15, 0.2) is 59.0 Å². The topological polar surface area (TPSA) is 92.4 Å². The minimum atomic E-state index is -1.16. The molecule has 0 bridgehead atoms.